The van der Waals surface area contributed by atoms with E-state index in [1.165, 1.54) is 90.3 Å². The average molecular weight is 282 g/mol. The number of hydrogen-bond donors (Lipinski definition) is 0. The van der Waals surface area contributed by atoms with Gasteiger partial charge in [-0.05, 0) is 58.2 Å². The molecule has 3 heteroatoms. The Morgan fingerprint density at radius 1 is 0.450 bits per heavy atom. The standard InChI is InChI=1S/C17H34N2O/c1-2-6-12-18-13-7-4-9-15-19(20-17-11-3-1)16-10-5-8-14-18/h1-17H2. The van der Waals surface area contributed by atoms with Crippen LogP contribution in [0, 0.1) is 0 Å². The summed E-state index contributed by atoms with van der Waals surface area (Å²) in [5.41, 5.74) is 0. The molecule has 3 rings (SSSR count). The van der Waals surface area contributed by atoms with Gasteiger partial charge < -0.3 is 4.90 Å². The summed E-state index contributed by atoms with van der Waals surface area (Å²) in [5, 5.41) is 2.26. The van der Waals surface area contributed by atoms with E-state index in [1.54, 1.807) is 0 Å². The van der Waals surface area contributed by atoms with Crippen molar-refractivity contribution in [1.29, 1.82) is 0 Å². The molecule has 3 aliphatic rings. The smallest absolute Gasteiger partial charge is 0.0685 e. The Labute approximate surface area is 125 Å². The lowest BCUT2D eigenvalue weighted by atomic mass is 10.1. The summed E-state index contributed by atoms with van der Waals surface area (Å²) in [4.78, 5) is 8.73. The van der Waals surface area contributed by atoms with Crippen LogP contribution in [0.1, 0.15) is 70.6 Å². The van der Waals surface area contributed by atoms with Crippen molar-refractivity contribution in [3.63, 3.8) is 0 Å². The minimum atomic E-state index is 0.937. The van der Waals surface area contributed by atoms with E-state index in [2.05, 4.69) is 9.96 Å². The maximum Gasteiger partial charge on any atom is 0.0685 e. The number of hydrogen-bond acceptors (Lipinski definition) is 3. The maximum atomic E-state index is 6.00. The Morgan fingerprint density at radius 3 is 1.55 bits per heavy atom. The van der Waals surface area contributed by atoms with Gasteiger partial charge in [-0.1, -0.05) is 32.1 Å². The SMILES string of the molecule is C1CCCON2CCCCCN(CCC1)CCCCC2. The maximum absolute atomic E-state index is 6.00. The van der Waals surface area contributed by atoms with Crippen LogP contribution in [0.25, 0.3) is 0 Å². The first kappa shape index (κ1) is 16.3. The molecule has 0 aromatic carbocycles. The Hall–Kier alpha value is -0.120. The van der Waals surface area contributed by atoms with E-state index >= 15 is 0 Å². The Kier molecular flexibility index (Phi) is 8.60. The molecular formula is C17H34N2O. The Morgan fingerprint density at radius 2 is 0.900 bits per heavy atom. The monoisotopic (exact) mass is 282 g/mol. The summed E-state index contributed by atoms with van der Waals surface area (Å²) in [7, 11) is 0. The zero-order valence-electron chi connectivity index (χ0n) is 13.3. The predicted octanol–water partition coefficient (Wildman–Crippen LogP) is 3.84. The van der Waals surface area contributed by atoms with Gasteiger partial charge in [-0.3, -0.25) is 4.84 Å². The predicted molar refractivity (Wildman–Crippen MR) is 84.8 cm³/mol. The minimum absolute atomic E-state index is 0.937. The van der Waals surface area contributed by atoms with E-state index in [4.69, 9.17) is 4.84 Å². The molecular weight excluding hydrogens is 248 g/mol. The Bertz CT molecular complexity index is 194. The molecule has 3 aliphatic heterocycles. The largest absolute Gasteiger partial charge is 0.303 e. The highest BCUT2D eigenvalue weighted by atomic mass is 16.7. The normalized spacial score (nSPS) is 32.4. The zero-order valence-corrected chi connectivity index (χ0v) is 13.3. The summed E-state index contributed by atoms with van der Waals surface area (Å²) in [6, 6.07) is 0. The molecule has 0 spiro atoms. The first-order valence-electron chi connectivity index (χ1n) is 9.05. The van der Waals surface area contributed by atoms with Crippen molar-refractivity contribution in [3.8, 4) is 0 Å². The minimum Gasteiger partial charge on any atom is -0.303 e. The second-order valence-electron chi connectivity index (χ2n) is 6.49. The molecule has 0 unspecified atom stereocenters. The average Bonchev–Trinajstić information content (AvgIpc) is 2.46. The van der Waals surface area contributed by atoms with Gasteiger partial charge in [0.1, 0.15) is 0 Å². The summed E-state index contributed by atoms with van der Waals surface area (Å²) >= 11 is 0. The number of nitrogens with zero attached hydrogens (tertiary/aromatic N) is 2. The summed E-state index contributed by atoms with van der Waals surface area (Å²) in [5.74, 6) is 0. The third-order valence-corrected chi connectivity index (χ3v) is 4.66. The van der Waals surface area contributed by atoms with Crippen molar-refractivity contribution in [2.45, 2.75) is 70.6 Å². The molecule has 0 aromatic rings. The fraction of sp³-hybridized carbons (Fsp3) is 1.00. The van der Waals surface area contributed by atoms with Gasteiger partial charge in [0.05, 0.1) is 6.61 Å². The second kappa shape index (κ2) is 10.6. The van der Waals surface area contributed by atoms with E-state index in [-0.39, 0.29) is 0 Å². The van der Waals surface area contributed by atoms with Crippen molar-refractivity contribution in [3.05, 3.63) is 0 Å². The van der Waals surface area contributed by atoms with Crippen molar-refractivity contribution < 1.29 is 4.84 Å². The molecule has 3 heterocycles. The first-order chi connectivity index (χ1) is 9.95. The van der Waals surface area contributed by atoms with Gasteiger partial charge >= 0.3 is 0 Å². The van der Waals surface area contributed by atoms with Gasteiger partial charge in [0.25, 0.3) is 0 Å². The second-order valence-corrected chi connectivity index (χ2v) is 6.49. The molecule has 3 nitrogen and oxygen atoms in total. The lowest BCUT2D eigenvalue weighted by Crippen LogP contribution is -2.30. The van der Waals surface area contributed by atoms with Crippen LogP contribution in [-0.4, -0.2) is 49.3 Å². The summed E-state index contributed by atoms with van der Waals surface area (Å²) < 4.78 is 0. The van der Waals surface area contributed by atoms with E-state index in [1.807, 2.05) is 0 Å². The number of fused-ring (bicyclic) bond motifs is 15. The van der Waals surface area contributed by atoms with E-state index in [9.17, 15) is 0 Å². The lowest BCUT2D eigenvalue weighted by molar-refractivity contribution is -0.161. The molecule has 0 saturated carbocycles. The quantitative estimate of drug-likeness (QED) is 0.671. The highest BCUT2D eigenvalue weighted by Crippen LogP contribution is 2.12. The molecule has 0 aromatic heterocycles. The molecule has 0 aliphatic carbocycles. The van der Waals surface area contributed by atoms with Crippen molar-refractivity contribution in [2.24, 2.45) is 0 Å². The van der Waals surface area contributed by atoms with Crippen LogP contribution >= 0.6 is 0 Å². The molecule has 0 atom stereocenters. The van der Waals surface area contributed by atoms with Crippen molar-refractivity contribution in [2.75, 3.05) is 39.3 Å². The molecule has 0 amide bonds. The first-order valence-corrected chi connectivity index (χ1v) is 9.05. The Balaban J connectivity index is 1.88. The molecule has 20 heavy (non-hydrogen) atoms. The van der Waals surface area contributed by atoms with E-state index in [0.717, 1.165) is 19.7 Å². The number of hydroxylamine groups is 2. The van der Waals surface area contributed by atoms with Gasteiger partial charge in [-0.25, -0.2) is 0 Å². The van der Waals surface area contributed by atoms with Crippen LogP contribution < -0.4 is 0 Å². The number of rotatable bonds is 0. The van der Waals surface area contributed by atoms with Crippen LogP contribution in [-0.2, 0) is 4.84 Å². The van der Waals surface area contributed by atoms with Gasteiger partial charge in [0.15, 0.2) is 0 Å². The topological polar surface area (TPSA) is 15.7 Å². The molecule has 0 radical (unpaired) electrons. The van der Waals surface area contributed by atoms with Gasteiger partial charge in [-0.15, -0.1) is 0 Å². The fourth-order valence-electron chi connectivity index (χ4n) is 3.34. The van der Waals surface area contributed by atoms with E-state index < -0.39 is 0 Å². The van der Waals surface area contributed by atoms with Crippen LogP contribution in [0.4, 0.5) is 0 Å². The van der Waals surface area contributed by atoms with Crippen molar-refractivity contribution in [1.82, 2.24) is 9.96 Å². The van der Waals surface area contributed by atoms with Crippen LogP contribution in [0.5, 0.6) is 0 Å². The molecule has 3 fully saturated rings. The molecule has 0 N–H and O–H groups in total. The van der Waals surface area contributed by atoms with E-state index in [0.29, 0.717) is 0 Å². The zero-order chi connectivity index (χ0) is 13.9. The van der Waals surface area contributed by atoms with Gasteiger partial charge in [0, 0.05) is 13.1 Å². The summed E-state index contributed by atoms with van der Waals surface area (Å²) in [6.45, 7) is 7.19. The van der Waals surface area contributed by atoms with Crippen LogP contribution in [0.3, 0.4) is 0 Å². The van der Waals surface area contributed by atoms with Crippen LogP contribution in [0.15, 0.2) is 0 Å². The van der Waals surface area contributed by atoms with Crippen LogP contribution in [0.2, 0.25) is 0 Å². The molecule has 2 bridgehead atoms. The summed E-state index contributed by atoms with van der Waals surface area (Å²) in [6.07, 6.45) is 14.8. The van der Waals surface area contributed by atoms with Gasteiger partial charge in [0.2, 0.25) is 0 Å². The molecule has 118 valence electrons. The lowest BCUT2D eigenvalue weighted by Gasteiger charge is -2.25. The highest BCUT2D eigenvalue weighted by Gasteiger charge is 2.10. The third-order valence-electron chi connectivity index (χ3n) is 4.66. The van der Waals surface area contributed by atoms with Crippen molar-refractivity contribution >= 4 is 0 Å². The third kappa shape index (κ3) is 7.05. The molecule has 3 saturated heterocycles. The van der Waals surface area contributed by atoms with Gasteiger partial charge in [-0.2, -0.15) is 5.06 Å². The highest BCUT2D eigenvalue weighted by molar-refractivity contribution is 4.62. The fourth-order valence-corrected chi connectivity index (χ4v) is 3.34.